The van der Waals surface area contributed by atoms with Crippen LogP contribution in [0.5, 0.6) is 0 Å². The largest absolute Gasteiger partial charge is 0.383 e. The third-order valence-electron chi connectivity index (χ3n) is 4.30. The summed E-state index contributed by atoms with van der Waals surface area (Å²) in [5.74, 6) is 1.44. The molecule has 0 fully saturated rings. The molecule has 0 aliphatic heterocycles. The number of benzene rings is 1. The van der Waals surface area contributed by atoms with Crippen LogP contribution in [0.3, 0.4) is 0 Å². The topological polar surface area (TPSA) is 121 Å². The molecule has 0 aliphatic carbocycles. The molecule has 1 atom stereocenters. The number of hydrogen-bond acceptors (Lipinski definition) is 6. The number of imidazole rings is 1. The van der Waals surface area contributed by atoms with Crippen LogP contribution < -0.4 is 10.6 Å². The number of carbonyl (C=O) groups is 1. The number of ether oxygens (including phenoxy) is 1. The number of pyridine rings is 1. The van der Waals surface area contributed by atoms with Gasteiger partial charge in [-0.15, -0.1) is 0 Å². The van der Waals surface area contributed by atoms with E-state index in [1.54, 1.807) is 25.3 Å². The molecule has 1 amide bonds. The van der Waals surface area contributed by atoms with Crippen LogP contribution in [0.2, 0.25) is 0 Å². The van der Waals surface area contributed by atoms with Crippen LogP contribution >= 0.6 is 0 Å². The zero-order valence-corrected chi connectivity index (χ0v) is 16.1. The molecule has 0 spiro atoms. The minimum absolute atomic E-state index is 0.118. The smallest absolute Gasteiger partial charge is 0.258 e. The third-order valence-corrected chi connectivity index (χ3v) is 4.30. The highest BCUT2D eigenvalue weighted by molar-refractivity contribution is 6.03. The number of aromatic nitrogens is 5. The van der Waals surface area contributed by atoms with E-state index >= 15 is 0 Å². The Kier molecular flexibility index (Phi) is 5.21. The van der Waals surface area contributed by atoms with E-state index in [0.29, 0.717) is 35.3 Å². The summed E-state index contributed by atoms with van der Waals surface area (Å²) in [6.07, 6.45) is 1.52. The fraction of sp³-hybridized carbons (Fsp3) is 0.200. The van der Waals surface area contributed by atoms with Gasteiger partial charge in [-0.3, -0.25) is 9.89 Å². The number of H-pyrrole nitrogens is 2. The van der Waals surface area contributed by atoms with Crippen molar-refractivity contribution in [3.05, 3.63) is 54.2 Å². The molecule has 0 unspecified atom stereocenters. The van der Waals surface area contributed by atoms with Gasteiger partial charge in [0, 0.05) is 25.4 Å². The van der Waals surface area contributed by atoms with Crippen LogP contribution in [0.25, 0.3) is 22.6 Å². The lowest BCUT2D eigenvalue weighted by molar-refractivity contribution is 0.102. The van der Waals surface area contributed by atoms with Crippen LogP contribution in [0.15, 0.2) is 48.7 Å². The SMILES string of the molecule is COC[C@H](C)Nc1ccc(C(=O)Nc2cc(-c3nc4ccccc4[nH]3)[nH]n2)cn1. The monoisotopic (exact) mass is 391 g/mol. The Morgan fingerprint density at radius 2 is 2.07 bits per heavy atom. The number of nitrogens with one attached hydrogen (secondary N) is 4. The summed E-state index contributed by atoms with van der Waals surface area (Å²) in [5, 5.41) is 13.0. The maximum absolute atomic E-state index is 12.5. The van der Waals surface area contributed by atoms with Gasteiger partial charge in [0.1, 0.15) is 11.5 Å². The normalized spacial score (nSPS) is 12.1. The molecule has 4 rings (SSSR count). The third kappa shape index (κ3) is 4.25. The molecule has 3 aromatic heterocycles. The molecule has 0 bridgehead atoms. The lowest BCUT2D eigenvalue weighted by atomic mass is 10.2. The number of methoxy groups -OCH3 is 1. The first-order valence-corrected chi connectivity index (χ1v) is 9.16. The quantitative estimate of drug-likeness (QED) is 0.384. The summed E-state index contributed by atoms with van der Waals surface area (Å²) >= 11 is 0. The lowest BCUT2D eigenvalue weighted by Gasteiger charge is -2.13. The minimum Gasteiger partial charge on any atom is -0.383 e. The maximum Gasteiger partial charge on any atom is 0.258 e. The van der Waals surface area contributed by atoms with Crippen LogP contribution in [0.1, 0.15) is 17.3 Å². The van der Waals surface area contributed by atoms with Crippen molar-refractivity contribution in [2.75, 3.05) is 24.4 Å². The van der Waals surface area contributed by atoms with Crippen molar-refractivity contribution in [3.8, 4) is 11.5 Å². The fourth-order valence-electron chi connectivity index (χ4n) is 2.93. The first kappa shape index (κ1) is 18.6. The second kappa shape index (κ2) is 8.11. The Hall–Kier alpha value is -3.72. The van der Waals surface area contributed by atoms with E-state index in [4.69, 9.17) is 4.74 Å². The molecule has 148 valence electrons. The van der Waals surface area contributed by atoms with E-state index in [1.165, 1.54) is 6.20 Å². The van der Waals surface area contributed by atoms with E-state index in [9.17, 15) is 4.79 Å². The van der Waals surface area contributed by atoms with Gasteiger partial charge in [0.15, 0.2) is 11.6 Å². The van der Waals surface area contributed by atoms with Gasteiger partial charge in [-0.25, -0.2) is 9.97 Å². The number of nitrogens with zero attached hydrogens (tertiary/aromatic N) is 3. The molecule has 0 saturated heterocycles. The van der Waals surface area contributed by atoms with E-state index in [1.807, 2.05) is 31.2 Å². The molecule has 0 radical (unpaired) electrons. The van der Waals surface area contributed by atoms with Gasteiger partial charge in [-0.05, 0) is 31.2 Å². The van der Waals surface area contributed by atoms with Gasteiger partial charge in [-0.2, -0.15) is 5.10 Å². The first-order valence-electron chi connectivity index (χ1n) is 9.16. The highest BCUT2D eigenvalue weighted by Gasteiger charge is 2.12. The van der Waals surface area contributed by atoms with Crippen LogP contribution in [0, 0.1) is 0 Å². The summed E-state index contributed by atoms with van der Waals surface area (Å²) < 4.78 is 5.08. The van der Waals surface area contributed by atoms with Crippen LogP contribution in [0.4, 0.5) is 11.6 Å². The Morgan fingerprint density at radius 3 is 2.83 bits per heavy atom. The number of hydrogen-bond donors (Lipinski definition) is 4. The van der Waals surface area contributed by atoms with Gasteiger partial charge in [-0.1, -0.05) is 12.1 Å². The number of fused-ring (bicyclic) bond motifs is 1. The number of carbonyl (C=O) groups excluding carboxylic acids is 1. The van der Waals surface area contributed by atoms with Crippen LogP contribution in [-0.2, 0) is 4.74 Å². The van der Waals surface area contributed by atoms with Crippen LogP contribution in [-0.4, -0.2) is 50.8 Å². The van der Waals surface area contributed by atoms with Gasteiger partial charge in [0.05, 0.1) is 23.2 Å². The molecule has 0 saturated carbocycles. The fourth-order valence-corrected chi connectivity index (χ4v) is 2.93. The molecule has 29 heavy (non-hydrogen) atoms. The molecular weight excluding hydrogens is 370 g/mol. The van der Waals surface area contributed by atoms with Crippen molar-refractivity contribution in [1.29, 1.82) is 0 Å². The molecule has 3 heterocycles. The number of rotatable bonds is 7. The number of aromatic amines is 2. The average Bonchev–Trinajstić information content (AvgIpc) is 3.35. The van der Waals surface area contributed by atoms with Crippen molar-refractivity contribution in [3.63, 3.8) is 0 Å². The highest BCUT2D eigenvalue weighted by atomic mass is 16.5. The highest BCUT2D eigenvalue weighted by Crippen LogP contribution is 2.21. The summed E-state index contributed by atoms with van der Waals surface area (Å²) in [6.45, 7) is 2.56. The van der Waals surface area contributed by atoms with Crippen molar-refractivity contribution in [1.82, 2.24) is 25.1 Å². The summed E-state index contributed by atoms with van der Waals surface area (Å²) in [7, 11) is 1.65. The first-order chi connectivity index (χ1) is 14.1. The average molecular weight is 391 g/mol. The van der Waals surface area contributed by atoms with E-state index in [-0.39, 0.29) is 11.9 Å². The molecule has 9 heteroatoms. The van der Waals surface area contributed by atoms with E-state index in [2.05, 4.69) is 35.8 Å². The van der Waals surface area contributed by atoms with E-state index < -0.39 is 0 Å². The summed E-state index contributed by atoms with van der Waals surface area (Å²) in [5.41, 5.74) is 2.91. The van der Waals surface area contributed by atoms with E-state index in [0.717, 1.165) is 11.0 Å². The zero-order valence-electron chi connectivity index (χ0n) is 16.1. The van der Waals surface area contributed by atoms with Gasteiger partial charge in [0.25, 0.3) is 5.91 Å². The molecule has 4 N–H and O–H groups in total. The second-order valence-electron chi connectivity index (χ2n) is 6.66. The molecule has 4 aromatic rings. The van der Waals surface area contributed by atoms with Crippen molar-refractivity contribution in [2.24, 2.45) is 0 Å². The number of amides is 1. The Bertz CT molecular complexity index is 1080. The Balaban J connectivity index is 1.42. The predicted molar refractivity (Wildman–Crippen MR) is 111 cm³/mol. The molecular formula is C20H21N7O2. The predicted octanol–water partition coefficient (Wildman–Crippen LogP) is 3.05. The van der Waals surface area contributed by atoms with Crippen molar-refractivity contribution < 1.29 is 9.53 Å². The Labute approximate surface area is 166 Å². The molecule has 9 nitrogen and oxygen atoms in total. The maximum atomic E-state index is 12.5. The van der Waals surface area contributed by atoms with Gasteiger partial charge >= 0.3 is 0 Å². The number of anilines is 2. The Morgan fingerprint density at radius 1 is 1.21 bits per heavy atom. The zero-order chi connectivity index (χ0) is 20.2. The molecule has 0 aliphatic rings. The second-order valence-corrected chi connectivity index (χ2v) is 6.66. The standard InChI is InChI=1S/C20H21N7O2/c1-12(11-29-2)22-17-8-7-13(10-21-17)20(28)25-18-9-16(26-27-18)19-23-14-5-3-4-6-15(14)24-19/h3-10,12H,11H2,1-2H3,(H,21,22)(H,23,24)(H2,25,26,27,28)/t12-/m0/s1. The van der Waals surface area contributed by atoms with Gasteiger partial charge in [0.2, 0.25) is 0 Å². The van der Waals surface area contributed by atoms with Gasteiger partial charge < -0.3 is 20.4 Å². The van der Waals surface area contributed by atoms with Crippen molar-refractivity contribution in [2.45, 2.75) is 13.0 Å². The lowest BCUT2D eigenvalue weighted by Crippen LogP contribution is -2.21. The minimum atomic E-state index is -0.295. The van der Waals surface area contributed by atoms with Crippen molar-refractivity contribution >= 4 is 28.6 Å². The molecule has 1 aromatic carbocycles. The summed E-state index contributed by atoms with van der Waals surface area (Å²) in [6, 6.07) is 13.1. The summed E-state index contributed by atoms with van der Waals surface area (Å²) in [4.78, 5) is 24.5. The number of para-hydroxylation sites is 2.